The van der Waals surface area contributed by atoms with Gasteiger partial charge in [0.1, 0.15) is 11.3 Å². The fourth-order valence-electron chi connectivity index (χ4n) is 2.78. The molecule has 2 heterocycles. The van der Waals surface area contributed by atoms with Gasteiger partial charge < -0.3 is 14.3 Å². The lowest BCUT2D eigenvalue weighted by Gasteiger charge is -2.17. The number of likely N-dealkylation sites (tertiary alicyclic amines) is 1. The number of aliphatic hydroxyl groups is 1. The smallest absolute Gasteiger partial charge is 0.134 e. The van der Waals surface area contributed by atoms with E-state index in [9.17, 15) is 5.11 Å². The standard InChI is InChI=1S/C16H21NO3/c1-11(2)19-16-10-17(9-14(16)18)8-13-7-12-5-3-4-6-15(12)20-13/h3-7,11,14,16,18H,8-10H2,1-2H3/t14-,16-/m0/s1. The normalized spacial score (nSPS) is 24.0. The van der Waals surface area contributed by atoms with Gasteiger partial charge in [0.15, 0.2) is 0 Å². The number of hydrogen-bond acceptors (Lipinski definition) is 4. The van der Waals surface area contributed by atoms with E-state index in [1.807, 2.05) is 38.1 Å². The Morgan fingerprint density at radius 3 is 2.90 bits per heavy atom. The highest BCUT2D eigenvalue weighted by Gasteiger charge is 2.32. The Kier molecular flexibility index (Phi) is 3.78. The topological polar surface area (TPSA) is 45.8 Å². The molecule has 1 aliphatic rings. The van der Waals surface area contributed by atoms with Gasteiger partial charge in [-0.2, -0.15) is 0 Å². The van der Waals surface area contributed by atoms with Crippen LogP contribution in [-0.2, 0) is 11.3 Å². The molecule has 4 nitrogen and oxygen atoms in total. The van der Waals surface area contributed by atoms with Gasteiger partial charge in [0.05, 0.1) is 24.9 Å². The van der Waals surface area contributed by atoms with E-state index >= 15 is 0 Å². The first kappa shape index (κ1) is 13.6. The zero-order chi connectivity index (χ0) is 14.1. The number of benzene rings is 1. The Morgan fingerprint density at radius 1 is 1.35 bits per heavy atom. The Labute approximate surface area is 118 Å². The minimum atomic E-state index is -0.415. The third-order valence-corrected chi connectivity index (χ3v) is 3.62. The SMILES string of the molecule is CC(C)O[C@H]1CN(Cc2cc3ccccc3o2)C[C@@H]1O. The van der Waals surface area contributed by atoms with Crippen LogP contribution in [0.25, 0.3) is 11.0 Å². The first-order chi connectivity index (χ1) is 9.61. The molecule has 2 aromatic rings. The summed E-state index contributed by atoms with van der Waals surface area (Å²) in [6, 6.07) is 10.1. The molecule has 1 aromatic heterocycles. The zero-order valence-corrected chi connectivity index (χ0v) is 12.0. The van der Waals surface area contributed by atoms with Crippen molar-refractivity contribution in [2.24, 2.45) is 0 Å². The number of fused-ring (bicyclic) bond motifs is 1. The van der Waals surface area contributed by atoms with E-state index in [1.165, 1.54) is 0 Å². The molecule has 1 N–H and O–H groups in total. The average Bonchev–Trinajstić information content (AvgIpc) is 2.92. The molecule has 0 unspecified atom stereocenters. The molecule has 1 aliphatic heterocycles. The van der Waals surface area contributed by atoms with Gasteiger partial charge in [0.25, 0.3) is 0 Å². The number of ether oxygens (including phenoxy) is 1. The number of furan rings is 1. The van der Waals surface area contributed by atoms with Gasteiger partial charge in [-0.05, 0) is 26.0 Å². The van der Waals surface area contributed by atoms with Crippen molar-refractivity contribution in [1.82, 2.24) is 4.90 Å². The van der Waals surface area contributed by atoms with E-state index in [-0.39, 0.29) is 12.2 Å². The molecule has 0 saturated carbocycles. The first-order valence-electron chi connectivity index (χ1n) is 7.15. The maximum atomic E-state index is 10.0. The maximum absolute atomic E-state index is 10.0. The molecule has 0 radical (unpaired) electrons. The summed E-state index contributed by atoms with van der Waals surface area (Å²) < 4.78 is 11.5. The summed E-state index contributed by atoms with van der Waals surface area (Å²) in [5.41, 5.74) is 0.914. The predicted molar refractivity (Wildman–Crippen MR) is 77.5 cm³/mol. The summed E-state index contributed by atoms with van der Waals surface area (Å²) in [6.07, 6.45) is -0.373. The fraction of sp³-hybridized carbons (Fsp3) is 0.500. The fourth-order valence-corrected chi connectivity index (χ4v) is 2.78. The largest absolute Gasteiger partial charge is 0.460 e. The van der Waals surface area contributed by atoms with Crippen LogP contribution in [0.4, 0.5) is 0 Å². The van der Waals surface area contributed by atoms with Crippen LogP contribution < -0.4 is 0 Å². The molecule has 1 fully saturated rings. The van der Waals surface area contributed by atoms with Gasteiger partial charge in [-0.25, -0.2) is 0 Å². The second-order valence-electron chi connectivity index (χ2n) is 5.74. The number of para-hydroxylation sites is 1. The molecule has 0 aliphatic carbocycles. The predicted octanol–water partition coefficient (Wildman–Crippen LogP) is 2.40. The summed E-state index contributed by atoms with van der Waals surface area (Å²) in [5.74, 6) is 0.934. The van der Waals surface area contributed by atoms with Crippen LogP contribution >= 0.6 is 0 Å². The average molecular weight is 275 g/mol. The van der Waals surface area contributed by atoms with Gasteiger partial charge >= 0.3 is 0 Å². The van der Waals surface area contributed by atoms with Crippen molar-refractivity contribution in [1.29, 1.82) is 0 Å². The number of rotatable bonds is 4. The van der Waals surface area contributed by atoms with Crippen LogP contribution in [0.1, 0.15) is 19.6 Å². The van der Waals surface area contributed by atoms with Gasteiger partial charge in [-0.15, -0.1) is 0 Å². The second-order valence-corrected chi connectivity index (χ2v) is 5.74. The first-order valence-corrected chi connectivity index (χ1v) is 7.15. The van der Waals surface area contributed by atoms with E-state index < -0.39 is 6.10 Å². The summed E-state index contributed by atoms with van der Waals surface area (Å²) >= 11 is 0. The van der Waals surface area contributed by atoms with Crippen molar-refractivity contribution in [3.05, 3.63) is 36.1 Å². The van der Waals surface area contributed by atoms with E-state index in [0.717, 1.165) is 23.3 Å². The Morgan fingerprint density at radius 2 is 2.15 bits per heavy atom. The molecule has 0 amide bonds. The minimum absolute atomic E-state index is 0.0978. The third-order valence-electron chi connectivity index (χ3n) is 3.62. The van der Waals surface area contributed by atoms with Crippen LogP contribution in [0, 0.1) is 0 Å². The van der Waals surface area contributed by atoms with Crippen LogP contribution in [0.2, 0.25) is 0 Å². The van der Waals surface area contributed by atoms with E-state index in [1.54, 1.807) is 0 Å². The van der Waals surface area contributed by atoms with Crippen LogP contribution in [0.5, 0.6) is 0 Å². The second kappa shape index (κ2) is 5.56. The van der Waals surface area contributed by atoms with Gasteiger partial charge in [-0.1, -0.05) is 18.2 Å². The molecule has 0 spiro atoms. The number of hydrogen-bond donors (Lipinski definition) is 1. The van der Waals surface area contributed by atoms with E-state index in [4.69, 9.17) is 9.15 Å². The quantitative estimate of drug-likeness (QED) is 0.930. The summed E-state index contributed by atoms with van der Waals surface area (Å²) in [6.45, 7) is 6.08. The molecule has 108 valence electrons. The van der Waals surface area contributed by atoms with Gasteiger partial charge in [-0.3, -0.25) is 4.90 Å². The molecule has 0 bridgehead atoms. The molecule has 4 heteroatoms. The Bertz CT molecular complexity index is 545. The Balaban J connectivity index is 1.66. The summed E-state index contributed by atoms with van der Waals surface area (Å²) in [7, 11) is 0. The number of nitrogens with zero attached hydrogens (tertiary/aromatic N) is 1. The van der Waals surface area contributed by atoms with Crippen molar-refractivity contribution < 1.29 is 14.3 Å². The molecular weight excluding hydrogens is 254 g/mol. The molecule has 1 aromatic carbocycles. The molecule has 1 saturated heterocycles. The molecular formula is C16H21NO3. The highest BCUT2D eigenvalue weighted by Crippen LogP contribution is 2.22. The highest BCUT2D eigenvalue weighted by molar-refractivity contribution is 5.77. The minimum Gasteiger partial charge on any atom is -0.460 e. The van der Waals surface area contributed by atoms with E-state index in [2.05, 4.69) is 11.0 Å². The summed E-state index contributed by atoms with van der Waals surface area (Å²) in [4.78, 5) is 2.18. The molecule has 3 rings (SSSR count). The Hall–Kier alpha value is -1.36. The maximum Gasteiger partial charge on any atom is 0.134 e. The van der Waals surface area contributed by atoms with Crippen LogP contribution in [0.3, 0.4) is 0 Å². The number of β-amino-alcohol motifs (C(OH)–C–C–N with tert-alkyl or cyclic N) is 1. The van der Waals surface area contributed by atoms with Crippen LogP contribution in [0.15, 0.2) is 34.7 Å². The highest BCUT2D eigenvalue weighted by atomic mass is 16.5. The van der Waals surface area contributed by atoms with Crippen molar-refractivity contribution in [2.75, 3.05) is 13.1 Å². The zero-order valence-electron chi connectivity index (χ0n) is 12.0. The molecule has 20 heavy (non-hydrogen) atoms. The lowest BCUT2D eigenvalue weighted by atomic mass is 10.2. The van der Waals surface area contributed by atoms with Crippen molar-refractivity contribution in [3.8, 4) is 0 Å². The van der Waals surface area contributed by atoms with E-state index in [0.29, 0.717) is 13.1 Å². The van der Waals surface area contributed by atoms with Crippen LogP contribution in [-0.4, -0.2) is 41.4 Å². The van der Waals surface area contributed by atoms with Crippen molar-refractivity contribution in [2.45, 2.75) is 38.7 Å². The van der Waals surface area contributed by atoms with Gasteiger partial charge in [0, 0.05) is 18.5 Å². The third kappa shape index (κ3) is 2.87. The lowest BCUT2D eigenvalue weighted by Crippen LogP contribution is -2.29. The van der Waals surface area contributed by atoms with Crippen molar-refractivity contribution in [3.63, 3.8) is 0 Å². The van der Waals surface area contributed by atoms with Crippen molar-refractivity contribution >= 4 is 11.0 Å². The van der Waals surface area contributed by atoms with Gasteiger partial charge in [0.2, 0.25) is 0 Å². The lowest BCUT2D eigenvalue weighted by molar-refractivity contribution is -0.0396. The monoisotopic (exact) mass is 275 g/mol. The summed E-state index contributed by atoms with van der Waals surface area (Å²) in [5, 5.41) is 11.2. The molecule has 2 atom stereocenters. The number of aliphatic hydroxyl groups excluding tert-OH is 1.